The molecule has 7 N–H and O–H groups in total. The van der Waals surface area contributed by atoms with Gasteiger partial charge in [-0.15, -0.1) is 11.3 Å². The molecule has 1 aliphatic rings. The zero-order valence-electron chi connectivity index (χ0n) is 20.5. The molecule has 1 aliphatic heterocycles. The van der Waals surface area contributed by atoms with Crippen molar-refractivity contribution in [2.24, 2.45) is 10.9 Å². The highest BCUT2D eigenvalue weighted by Crippen LogP contribution is 2.31. The molecule has 2 atom stereocenters. The summed E-state index contributed by atoms with van der Waals surface area (Å²) in [5, 5.41) is 15.8. The molecule has 2 heterocycles. The minimum atomic E-state index is -4.27. The summed E-state index contributed by atoms with van der Waals surface area (Å²) in [6.45, 7) is 0.536. The molecule has 200 valence electrons. The van der Waals surface area contributed by atoms with Gasteiger partial charge in [-0.2, -0.15) is 13.1 Å². The Bertz CT molecular complexity index is 1360. The van der Waals surface area contributed by atoms with Gasteiger partial charge in [0, 0.05) is 17.3 Å². The van der Waals surface area contributed by atoms with Crippen LogP contribution in [0.3, 0.4) is 0 Å². The number of amidine groups is 1. The Hall–Kier alpha value is -3.58. The van der Waals surface area contributed by atoms with Crippen molar-refractivity contribution >= 4 is 39.2 Å². The van der Waals surface area contributed by atoms with Gasteiger partial charge in [0.2, 0.25) is 11.8 Å². The number of rotatable bonds is 10. The number of benzene rings is 2. The van der Waals surface area contributed by atoms with Crippen molar-refractivity contribution in [3.05, 3.63) is 93.7 Å². The first-order valence-electron chi connectivity index (χ1n) is 12.1. The molecule has 10 nitrogen and oxygen atoms in total. The van der Waals surface area contributed by atoms with Crippen molar-refractivity contribution in [1.82, 2.24) is 14.9 Å². The van der Waals surface area contributed by atoms with E-state index in [9.17, 15) is 18.0 Å². The number of hydrogen-bond acceptors (Lipinski definition) is 6. The number of carbonyl (C=O) groups is 2. The third-order valence-electron chi connectivity index (χ3n) is 6.41. The number of nitrogens with zero attached hydrogens (tertiary/aromatic N) is 1. The van der Waals surface area contributed by atoms with Crippen molar-refractivity contribution in [3.8, 4) is 0 Å². The highest BCUT2D eigenvalue weighted by Gasteiger charge is 2.42. The van der Waals surface area contributed by atoms with Crippen LogP contribution >= 0.6 is 11.3 Å². The van der Waals surface area contributed by atoms with Gasteiger partial charge in [0.05, 0.1) is 11.4 Å². The van der Waals surface area contributed by atoms with Crippen molar-refractivity contribution in [2.75, 3.05) is 6.54 Å². The molecule has 2 aromatic carbocycles. The molecule has 12 heteroatoms. The Labute approximate surface area is 225 Å². The summed E-state index contributed by atoms with van der Waals surface area (Å²) >= 11 is 1.31. The largest absolute Gasteiger partial charge is 0.383 e. The Balaban J connectivity index is 1.61. The first kappa shape index (κ1) is 27.5. The van der Waals surface area contributed by atoms with Crippen molar-refractivity contribution < 1.29 is 18.0 Å². The number of thiophene rings is 1. The smallest absolute Gasteiger partial charge is 0.275 e. The van der Waals surface area contributed by atoms with Gasteiger partial charge in [-0.3, -0.25) is 15.0 Å². The number of nitrogens with two attached hydrogens (primary N) is 2. The van der Waals surface area contributed by atoms with Gasteiger partial charge in [0.15, 0.2) is 0 Å². The predicted octanol–water partition coefficient (Wildman–Crippen LogP) is 1.63. The molecule has 0 saturated carbocycles. The maximum absolute atomic E-state index is 14.0. The Morgan fingerprint density at radius 3 is 2.16 bits per heavy atom. The molecule has 1 saturated heterocycles. The molecular formula is C26H30N6O4S2. The van der Waals surface area contributed by atoms with Crippen LogP contribution in [0.1, 0.15) is 39.6 Å². The van der Waals surface area contributed by atoms with Gasteiger partial charge in [-0.1, -0.05) is 60.7 Å². The van der Waals surface area contributed by atoms with E-state index in [2.05, 4.69) is 10.0 Å². The highest BCUT2D eigenvalue weighted by atomic mass is 32.2. The van der Waals surface area contributed by atoms with Gasteiger partial charge in [-0.25, -0.2) is 5.14 Å². The lowest BCUT2D eigenvalue weighted by atomic mass is 9.84. The molecule has 4 rings (SSSR count). The second-order valence-corrected chi connectivity index (χ2v) is 11.5. The molecule has 38 heavy (non-hydrogen) atoms. The maximum Gasteiger partial charge on any atom is 0.275 e. The molecule has 0 aliphatic carbocycles. The van der Waals surface area contributed by atoms with Crippen molar-refractivity contribution in [1.29, 1.82) is 5.41 Å². The monoisotopic (exact) mass is 554 g/mol. The minimum Gasteiger partial charge on any atom is -0.383 e. The summed E-state index contributed by atoms with van der Waals surface area (Å²) in [6, 6.07) is 19.7. The number of likely N-dealkylation sites (tertiary alicyclic amines) is 1. The van der Waals surface area contributed by atoms with Crippen LogP contribution in [0.4, 0.5) is 0 Å². The number of carbonyl (C=O) groups excluding carboxylic acids is 2. The molecule has 0 bridgehead atoms. The van der Waals surface area contributed by atoms with Crippen LogP contribution in [0.5, 0.6) is 0 Å². The predicted molar refractivity (Wildman–Crippen MR) is 147 cm³/mol. The average Bonchev–Trinajstić information content (AvgIpc) is 3.57. The van der Waals surface area contributed by atoms with E-state index in [0.29, 0.717) is 24.3 Å². The van der Waals surface area contributed by atoms with E-state index in [1.807, 2.05) is 60.7 Å². The fourth-order valence-electron chi connectivity index (χ4n) is 4.73. The van der Waals surface area contributed by atoms with E-state index in [4.69, 9.17) is 16.3 Å². The lowest BCUT2D eigenvalue weighted by Crippen LogP contribution is -2.56. The number of nitrogen functional groups attached to an aromatic ring is 1. The van der Waals surface area contributed by atoms with Gasteiger partial charge in [0.1, 0.15) is 17.9 Å². The molecule has 1 unspecified atom stereocenters. The molecule has 2 amide bonds. The topological polar surface area (TPSA) is 171 Å². The molecular weight excluding hydrogens is 524 g/mol. The lowest BCUT2D eigenvalue weighted by molar-refractivity contribution is -0.140. The van der Waals surface area contributed by atoms with E-state index in [1.54, 1.807) is 12.1 Å². The zero-order valence-corrected chi connectivity index (χ0v) is 22.2. The fourth-order valence-corrected chi connectivity index (χ4v) is 6.13. The summed E-state index contributed by atoms with van der Waals surface area (Å²) in [7, 11) is -4.27. The number of nitrogens with one attached hydrogen (secondary N) is 3. The van der Waals surface area contributed by atoms with Gasteiger partial charge in [-0.05, 0) is 36.1 Å². The van der Waals surface area contributed by atoms with E-state index < -0.39 is 34.1 Å². The van der Waals surface area contributed by atoms with Gasteiger partial charge >= 0.3 is 0 Å². The zero-order chi connectivity index (χ0) is 27.3. The Morgan fingerprint density at radius 2 is 1.63 bits per heavy atom. The highest BCUT2D eigenvalue weighted by molar-refractivity contribution is 7.87. The molecule has 1 aromatic heterocycles. The molecule has 0 radical (unpaired) electrons. The molecule has 1 fully saturated rings. The van der Waals surface area contributed by atoms with Crippen LogP contribution in [-0.2, 0) is 26.3 Å². The normalized spacial score (nSPS) is 16.4. The first-order valence-corrected chi connectivity index (χ1v) is 14.4. The van der Waals surface area contributed by atoms with Crippen LogP contribution in [0.25, 0.3) is 0 Å². The molecule has 0 spiro atoms. The van der Waals surface area contributed by atoms with Crippen LogP contribution in [0.15, 0.2) is 72.8 Å². The summed E-state index contributed by atoms with van der Waals surface area (Å²) in [5.74, 6) is -1.58. The second-order valence-electron chi connectivity index (χ2n) is 9.03. The van der Waals surface area contributed by atoms with E-state index in [0.717, 1.165) is 16.0 Å². The van der Waals surface area contributed by atoms with Gasteiger partial charge in [0.25, 0.3) is 10.2 Å². The molecule has 3 aromatic rings. The van der Waals surface area contributed by atoms with E-state index >= 15 is 0 Å². The third-order valence-corrected chi connectivity index (χ3v) is 8.11. The minimum absolute atomic E-state index is 0.0417. The lowest BCUT2D eigenvalue weighted by Gasteiger charge is -2.33. The Morgan fingerprint density at radius 1 is 1.03 bits per heavy atom. The fraction of sp³-hybridized carbons (Fsp3) is 0.269. The summed E-state index contributed by atoms with van der Waals surface area (Å²) in [5.41, 5.74) is 6.98. The SMILES string of the molecule is N=C(N)c1ccc(CNC(=O)C2CCCN2C(=O)[C@H](NS(N)(=O)=O)C(c2ccccc2)c2ccccc2)s1. The quantitative estimate of drug-likeness (QED) is 0.189. The van der Waals surface area contributed by atoms with E-state index in [-0.39, 0.29) is 18.3 Å². The Kier molecular flexibility index (Phi) is 8.57. The third kappa shape index (κ3) is 6.64. The standard InChI is InChI=1S/C26H30N6O4S2/c27-24(28)21-14-13-19(37-21)16-30-25(33)20-12-7-15-32(20)26(34)23(31-38(29,35)36)22(17-8-3-1-4-9-17)18-10-5-2-6-11-18/h1-6,8-11,13-14,20,22-23,31H,7,12,15-16H2,(H3,27,28)(H,30,33)(H2,29,35,36)/t20?,23-/m1/s1. The summed E-state index contributed by atoms with van der Waals surface area (Å²) in [6.07, 6.45) is 1.05. The van der Waals surface area contributed by atoms with Crippen LogP contribution in [-0.4, -0.2) is 49.6 Å². The van der Waals surface area contributed by atoms with Crippen LogP contribution in [0, 0.1) is 5.41 Å². The van der Waals surface area contributed by atoms with Crippen LogP contribution in [0.2, 0.25) is 0 Å². The summed E-state index contributed by atoms with van der Waals surface area (Å²) in [4.78, 5) is 30.0. The van der Waals surface area contributed by atoms with Crippen molar-refractivity contribution in [3.63, 3.8) is 0 Å². The van der Waals surface area contributed by atoms with Crippen LogP contribution < -0.4 is 20.9 Å². The number of amides is 2. The summed E-state index contributed by atoms with van der Waals surface area (Å²) < 4.78 is 26.9. The number of hydrogen-bond donors (Lipinski definition) is 5. The maximum atomic E-state index is 14.0. The average molecular weight is 555 g/mol. The van der Waals surface area contributed by atoms with E-state index in [1.165, 1.54) is 16.2 Å². The van der Waals surface area contributed by atoms with Gasteiger partial charge < -0.3 is 16.0 Å². The second kappa shape index (κ2) is 11.9. The first-order chi connectivity index (χ1) is 18.1. The van der Waals surface area contributed by atoms with Crippen molar-refractivity contribution in [2.45, 2.75) is 37.4 Å².